The Morgan fingerprint density at radius 1 is 1.00 bits per heavy atom. The Kier molecular flexibility index (Phi) is 6.56. The summed E-state index contributed by atoms with van der Waals surface area (Å²) in [5.41, 5.74) is 3.57. The standard InChI is InChI=1S/C26H25ClN2O4/c1-16-4-8-22(12-17(16)2)33-21-9-6-20(7-10-21)28-26(31)18-13-25(30)29(15-18)23-14-19(27)5-11-24(23)32-3/h4-12,14,18H,13,15H2,1-3H3,(H,28,31)/t18-/m1/s1. The zero-order chi connectivity index (χ0) is 23.5. The van der Waals surface area contributed by atoms with Crippen molar-refractivity contribution in [3.63, 3.8) is 0 Å². The fourth-order valence-corrected chi connectivity index (χ4v) is 3.92. The maximum absolute atomic E-state index is 12.8. The molecular formula is C26H25ClN2O4. The van der Waals surface area contributed by atoms with E-state index in [1.807, 2.05) is 25.1 Å². The molecule has 33 heavy (non-hydrogen) atoms. The molecule has 0 saturated carbocycles. The van der Waals surface area contributed by atoms with Gasteiger partial charge in [-0.15, -0.1) is 0 Å². The fourth-order valence-electron chi connectivity index (χ4n) is 3.75. The predicted octanol–water partition coefficient (Wildman–Crippen LogP) is 5.75. The van der Waals surface area contributed by atoms with Crippen LogP contribution in [-0.4, -0.2) is 25.5 Å². The van der Waals surface area contributed by atoms with Crippen molar-refractivity contribution in [2.75, 3.05) is 23.9 Å². The van der Waals surface area contributed by atoms with E-state index in [-0.39, 0.29) is 24.8 Å². The first-order chi connectivity index (χ1) is 15.8. The molecule has 0 aliphatic carbocycles. The SMILES string of the molecule is COc1ccc(Cl)cc1N1C[C@H](C(=O)Nc2ccc(Oc3ccc(C)c(C)c3)cc2)CC1=O. The first-order valence-corrected chi connectivity index (χ1v) is 11.0. The molecule has 2 amide bonds. The molecule has 3 aromatic rings. The number of aryl methyl sites for hydroxylation is 2. The first kappa shape index (κ1) is 22.7. The summed E-state index contributed by atoms with van der Waals surface area (Å²) in [5.74, 6) is 1.13. The summed E-state index contributed by atoms with van der Waals surface area (Å²) in [5, 5.41) is 3.39. The van der Waals surface area contributed by atoms with Crippen molar-refractivity contribution in [3.8, 4) is 17.2 Å². The smallest absolute Gasteiger partial charge is 0.229 e. The number of benzene rings is 3. The van der Waals surface area contributed by atoms with E-state index in [0.29, 0.717) is 27.9 Å². The number of anilines is 2. The number of nitrogens with zero attached hydrogens (tertiary/aromatic N) is 1. The minimum Gasteiger partial charge on any atom is -0.495 e. The van der Waals surface area contributed by atoms with Crippen molar-refractivity contribution in [1.29, 1.82) is 0 Å². The molecule has 1 atom stereocenters. The molecule has 1 saturated heterocycles. The molecular weight excluding hydrogens is 440 g/mol. The number of carbonyl (C=O) groups excluding carboxylic acids is 2. The molecule has 6 nitrogen and oxygen atoms in total. The molecule has 7 heteroatoms. The number of methoxy groups -OCH3 is 1. The van der Waals surface area contributed by atoms with Crippen molar-refractivity contribution in [2.24, 2.45) is 5.92 Å². The zero-order valence-electron chi connectivity index (χ0n) is 18.7. The van der Waals surface area contributed by atoms with Gasteiger partial charge in [-0.3, -0.25) is 9.59 Å². The third-order valence-electron chi connectivity index (χ3n) is 5.76. The molecule has 1 aliphatic heterocycles. The molecule has 1 N–H and O–H groups in total. The average Bonchev–Trinajstić information content (AvgIpc) is 3.19. The van der Waals surface area contributed by atoms with E-state index < -0.39 is 5.92 Å². The third-order valence-corrected chi connectivity index (χ3v) is 6.00. The lowest BCUT2D eigenvalue weighted by Crippen LogP contribution is -2.28. The summed E-state index contributed by atoms with van der Waals surface area (Å²) in [7, 11) is 1.53. The normalized spacial score (nSPS) is 15.5. The van der Waals surface area contributed by atoms with Crippen molar-refractivity contribution < 1.29 is 19.1 Å². The average molecular weight is 465 g/mol. The van der Waals surface area contributed by atoms with Crippen LogP contribution in [0.5, 0.6) is 17.2 Å². The molecule has 0 spiro atoms. The maximum atomic E-state index is 12.8. The molecule has 170 valence electrons. The minimum atomic E-state index is -0.479. The van der Waals surface area contributed by atoms with Gasteiger partial charge in [0.2, 0.25) is 11.8 Å². The Labute approximate surface area is 198 Å². The van der Waals surface area contributed by atoms with Crippen LogP contribution >= 0.6 is 11.6 Å². The van der Waals surface area contributed by atoms with Crippen LogP contribution in [0.15, 0.2) is 60.7 Å². The van der Waals surface area contributed by atoms with Crippen molar-refractivity contribution in [2.45, 2.75) is 20.3 Å². The number of rotatable bonds is 6. The second kappa shape index (κ2) is 9.55. The van der Waals surface area contributed by atoms with E-state index in [4.69, 9.17) is 21.1 Å². The van der Waals surface area contributed by atoms with E-state index in [9.17, 15) is 9.59 Å². The predicted molar refractivity (Wildman–Crippen MR) is 130 cm³/mol. The summed E-state index contributed by atoms with van der Waals surface area (Å²) < 4.78 is 11.2. The number of ether oxygens (including phenoxy) is 2. The molecule has 1 aliphatic rings. The van der Waals surface area contributed by atoms with Crippen LogP contribution in [0.2, 0.25) is 5.02 Å². The second-order valence-corrected chi connectivity index (χ2v) is 8.52. The Morgan fingerprint density at radius 3 is 2.42 bits per heavy atom. The molecule has 1 heterocycles. The van der Waals surface area contributed by atoms with Gasteiger partial charge in [0, 0.05) is 23.7 Å². The molecule has 0 radical (unpaired) electrons. The molecule has 4 rings (SSSR count). The molecule has 1 fully saturated rings. The van der Waals surface area contributed by atoms with Crippen LogP contribution in [-0.2, 0) is 9.59 Å². The summed E-state index contributed by atoms with van der Waals surface area (Å²) >= 11 is 6.10. The van der Waals surface area contributed by atoms with E-state index in [1.54, 1.807) is 47.4 Å². The van der Waals surface area contributed by atoms with Crippen LogP contribution in [0.1, 0.15) is 17.5 Å². The zero-order valence-corrected chi connectivity index (χ0v) is 19.5. The number of hydrogen-bond acceptors (Lipinski definition) is 4. The number of amides is 2. The quantitative estimate of drug-likeness (QED) is 0.504. The monoisotopic (exact) mass is 464 g/mol. The Bertz CT molecular complexity index is 1190. The first-order valence-electron chi connectivity index (χ1n) is 10.6. The summed E-state index contributed by atoms with van der Waals surface area (Å²) in [6.07, 6.45) is 0.121. The topological polar surface area (TPSA) is 67.9 Å². The Hall–Kier alpha value is -3.51. The van der Waals surface area contributed by atoms with Gasteiger partial charge in [-0.25, -0.2) is 0 Å². The Balaban J connectivity index is 1.40. The lowest BCUT2D eigenvalue weighted by molar-refractivity contribution is -0.122. The highest BCUT2D eigenvalue weighted by Crippen LogP contribution is 2.35. The molecule has 3 aromatic carbocycles. The third kappa shape index (κ3) is 5.12. The lowest BCUT2D eigenvalue weighted by atomic mass is 10.1. The van der Waals surface area contributed by atoms with Gasteiger partial charge < -0.3 is 19.7 Å². The van der Waals surface area contributed by atoms with E-state index in [2.05, 4.69) is 12.2 Å². The van der Waals surface area contributed by atoms with Gasteiger partial charge in [0.05, 0.1) is 18.7 Å². The van der Waals surface area contributed by atoms with E-state index in [1.165, 1.54) is 12.7 Å². The maximum Gasteiger partial charge on any atom is 0.229 e. The summed E-state index contributed by atoms with van der Waals surface area (Å²) in [4.78, 5) is 27.0. The van der Waals surface area contributed by atoms with Crippen molar-refractivity contribution >= 4 is 34.8 Å². The highest BCUT2D eigenvalue weighted by molar-refractivity contribution is 6.31. The van der Waals surface area contributed by atoms with E-state index >= 15 is 0 Å². The Morgan fingerprint density at radius 2 is 1.73 bits per heavy atom. The van der Waals surface area contributed by atoms with Gasteiger partial charge in [-0.2, -0.15) is 0 Å². The number of nitrogens with one attached hydrogen (secondary N) is 1. The largest absolute Gasteiger partial charge is 0.495 e. The number of halogens is 1. The molecule has 0 aromatic heterocycles. The van der Waals surface area contributed by atoms with Crippen LogP contribution < -0.4 is 19.7 Å². The molecule has 0 unspecified atom stereocenters. The molecule has 0 bridgehead atoms. The van der Waals surface area contributed by atoms with Crippen molar-refractivity contribution in [1.82, 2.24) is 0 Å². The minimum absolute atomic E-state index is 0.121. The van der Waals surface area contributed by atoms with Crippen LogP contribution in [0.25, 0.3) is 0 Å². The van der Waals surface area contributed by atoms with Crippen LogP contribution in [0, 0.1) is 19.8 Å². The second-order valence-electron chi connectivity index (χ2n) is 8.08. The van der Waals surface area contributed by atoms with Gasteiger partial charge in [-0.1, -0.05) is 17.7 Å². The van der Waals surface area contributed by atoms with Gasteiger partial charge >= 0.3 is 0 Å². The van der Waals surface area contributed by atoms with E-state index in [0.717, 1.165) is 11.3 Å². The fraction of sp³-hybridized carbons (Fsp3) is 0.231. The van der Waals surface area contributed by atoms with Gasteiger partial charge in [-0.05, 0) is 79.6 Å². The summed E-state index contributed by atoms with van der Waals surface area (Å²) in [6, 6.07) is 18.2. The highest BCUT2D eigenvalue weighted by atomic mass is 35.5. The number of carbonyl (C=O) groups is 2. The highest BCUT2D eigenvalue weighted by Gasteiger charge is 2.36. The van der Waals surface area contributed by atoms with Crippen LogP contribution in [0.4, 0.5) is 11.4 Å². The van der Waals surface area contributed by atoms with Gasteiger partial charge in [0.15, 0.2) is 0 Å². The van der Waals surface area contributed by atoms with Gasteiger partial charge in [0.1, 0.15) is 17.2 Å². The van der Waals surface area contributed by atoms with Crippen molar-refractivity contribution in [3.05, 3.63) is 76.8 Å². The van der Waals surface area contributed by atoms with Crippen LogP contribution in [0.3, 0.4) is 0 Å². The lowest BCUT2D eigenvalue weighted by Gasteiger charge is -2.20. The number of hydrogen-bond donors (Lipinski definition) is 1. The van der Waals surface area contributed by atoms with Gasteiger partial charge in [0.25, 0.3) is 0 Å². The summed E-state index contributed by atoms with van der Waals surface area (Å²) in [6.45, 7) is 4.35.